The van der Waals surface area contributed by atoms with E-state index in [4.69, 9.17) is 0 Å². The Morgan fingerprint density at radius 3 is 2.73 bits per heavy atom. The Morgan fingerprint density at radius 2 is 2.27 bits per heavy atom. The van der Waals surface area contributed by atoms with Crippen LogP contribution in [-0.4, -0.2) is 25.0 Å². The fraction of sp³-hybridized carbons (Fsp3) is 0.556. The molecule has 64 valence electrons. The Hall–Kier alpha value is -0.210. The fourth-order valence-corrected chi connectivity index (χ4v) is 1.27. The van der Waals surface area contributed by atoms with Gasteiger partial charge in [-0.15, -0.1) is 12.6 Å². The molecule has 0 radical (unpaired) electrons. The lowest BCUT2D eigenvalue weighted by molar-refractivity contribution is 0.369. The molecule has 0 bridgehead atoms. The maximum Gasteiger partial charge on any atom is 0.0287 e. The van der Waals surface area contributed by atoms with Crippen LogP contribution < -0.4 is 0 Å². The SMILES string of the molecule is C=C/C=C(\S)CN(C)CCC. The zero-order valence-electron chi connectivity index (χ0n) is 7.38. The van der Waals surface area contributed by atoms with Gasteiger partial charge in [-0.3, -0.25) is 0 Å². The maximum atomic E-state index is 4.29. The average Bonchev–Trinajstić information content (AvgIpc) is 1.87. The minimum absolute atomic E-state index is 0.920. The molecule has 0 aliphatic carbocycles. The van der Waals surface area contributed by atoms with Gasteiger partial charge in [0.05, 0.1) is 0 Å². The number of thiol groups is 1. The first-order valence-corrected chi connectivity index (χ1v) is 4.34. The smallest absolute Gasteiger partial charge is 0.0287 e. The van der Waals surface area contributed by atoms with Gasteiger partial charge in [-0.25, -0.2) is 0 Å². The maximum absolute atomic E-state index is 4.29. The van der Waals surface area contributed by atoms with Gasteiger partial charge >= 0.3 is 0 Å². The predicted octanol–water partition coefficient (Wildman–Crippen LogP) is 2.33. The summed E-state index contributed by atoms with van der Waals surface area (Å²) in [6, 6.07) is 0. The summed E-state index contributed by atoms with van der Waals surface area (Å²) in [4.78, 5) is 3.30. The van der Waals surface area contributed by atoms with Gasteiger partial charge in [0, 0.05) is 6.54 Å². The predicted molar refractivity (Wildman–Crippen MR) is 55.1 cm³/mol. The van der Waals surface area contributed by atoms with E-state index in [1.54, 1.807) is 6.08 Å². The molecule has 0 unspecified atom stereocenters. The van der Waals surface area contributed by atoms with E-state index in [9.17, 15) is 0 Å². The summed E-state index contributed by atoms with van der Waals surface area (Å²) in [5.41, 5.74) is 0. The van der Waals surface area contributed by atoms with Crippen LogP contribution in [0.1, 0.15) is 13.3 Å². The van der Waals surface area contributed by atoms with Crippen molar-refractivity contribution in [2.45, 2.75) is 13.3 Å². The number of hydrogen-bond acceptors (Lipinski definition) is 2. The lowest BCUT2D eigenvalue weighted by Crippen LogP contribution is -2.20. The largest absolute Gasteiger partial charge is 0.302 e. The van der Waals surface area contributed by atoms with Gasteiger partial charge in [-0.2, -0.15) is 0 Å². The van der Waals surface area contributed by atoms with Gasteiger partial charge in [-0.1, -0.05) is 25.7 Å². The lowest BCUT2D eigenvalue weighted by Gasteiger charge is -2.14. The highest BCUT2D eigenvalue weighted by Gasteiger charge is 1.96. The second kappa shape index (κ2) is 6.50. The van der Waals surface area contributed by atoms with Crippen LogP contribution >= 0.6 is 12.6 Å². The highest BCUT2D eigenvalue weighted by molar-refractivity contribution is 7.84. The first-order chi connectivity index (χ1) is 5.20. The second-order valence-corrected chi connectivity index (χ2v) is 3.21. The standard InChI is InChI=1S/C9H17NS/c1-4-6-9(11)8-10(3)7-5-2/h4,6,11H,1,5,7-8H2,2-3H3/b9-6-. The van der Waals surface area contributed by atoms with Crippen LogP contribution in [0.2, 0.25) is 0 Å². The first kappa shape index (κ1) is 10.8. The Labute approximate surface area is 75.2 Å². The molecule has 0 aromatic carbocycles. The van der Waals surface area contributed by atoms with Crippen molar-refractivity contribution in [2.24, 2.45) is 0 Å². The summed E-state index contributed by atoms with van der Waals surface area (Å²) in [6.45, 7) is 7.82. The summed E-state index contributed by atoms with van der Waals surface area (Å²) in [5.74, 6) is 0. The monoisotopic (exact) mass is 171 g/mol. The molecule has 2 heteroatoms. The molecule has 0 spiro atoms. The van der Waals surface area contributed by atoms with Gasteiger partial charge in [0.15, 0.2) is 0 Å². The Balaban J connectivity index is 3.64. The van der Waals surface area contributed by atoms with E-state index in [1.807, 2.05) is 6.08 Å². The zero-order chi connectivity index (χ0) is 8.69. The summed E-state index contributed by atoms with van der Waals surface area (Å²) >= 11 is 4.29. The third-order valence-corrected chi connectivity index (χ3v) is 1.64. The molecule has 0 fully saturated rings. The molecule has 0 heterocycles. The molecule has 0 aromatic rings. The van der Waals surface area contributed by atoms with Crippen molar-refractivity contribution in [3.63, 3.8) is 0 Å². The molecule has 1 nitrogen and oxygen atoms in total. The summed E-state index contributed by atoms with van der Waals surface area (Å²) in [5, 5.41) is 0. The lowest BCUT2D eigenvalue weighted by atomic mass is 10.4. The Morgan fingerprint density at radius 1 is 1.64 bits per heavy atom. The highest BCUT2D eigenvalue weighted by atomic mass is 32.1. The quantitative estimate of drug-likeness (QED) is 0.491. The molecule has 11 heavy (non-hydrogen) atoms. The number of hydrogen-bond donors (Lipinski definition) is 1. The first-order valence-electron chi connectivity index (χ1n) is 3.89. The van der Waals surface area contributed by atoms with Crippen LogP contribution in [0, 0.1) is 0 Å². The molecular weight excluding hydrogens is 154 g/mol. The van der Waals surface area contributed by atoms with E-state index in [0.717, 1.165) is 18.0 Å². The van der Waals surface area contributed by atoms with Crippen molar-refractivity contribution in [3.8, 4) is 0 Å². The summed E-state index contributed by atoms with van der Waals surface area (Å²) in [7, 11) is 2.09. The molecular formula is C9H17NS. The van der Waals surface area contributed by atoms with E-state index in [1.165, 1.54) is 6.42 Å². The third-order valence-electron chi connectivity index (χ3n) is 1.35. The molecule has 0 amide bonds. The van der Waals surface area contributed by atoms with Gasteiger partial charge in [-0.05, 0) is 24.9 Å². The van der Waals surface area contributed by atoms with Crippen LogP contribution in [-0.2, 0) is 0 Å². The minimum atomic E-state index is 0.920. The van der Waals surface area contributed by atoms with Crippen LogP contribution in [0.5, 0.6) is 0 Å². The molecule has 0 aliphatic heterocycles. The van der Waals surface area contributed by atoms with Crippen molar-refractivity contribution in [1.82, 2.24) is 4.90 Å². The van der Waals surface area contributed by atoms with Gasteiger partial charge < -0.3 is 4.90 Å². The van der Waals surface area contributed by atoms with Crippen LogP contribution in [0.15, 0.2) is 23.6 Å². The number of rotatable bonds is 5. The normalized spacial score (nSPS) is 12.2. The van der Waals surface area contributed by atoms with E-state index in [2.05, 4.69) is 38.1 Å². The van der Waals surface area contributed by atoms with E-state index in [0.29, 0.717) is 0 Å². The minimum Gasteiger partial charge on any atom is -0.302 e. The van der Waals surface area contributed by atoms with Gasteiger partial charge in [0.2, 0.25) is 0 Å². The Bertz CT molecular complexity index is 140. The van der Waals surface area contributed by atoms with Crippen molar-refractivity contribution in [1.29, 1.82) is 0 Å². The van der Waals surface area contributed by atoms with Crippen LogP contribution in [0.3, 0.4) is 0 Å². The molecule has 0 rings (SSSR count). The number of nitrogens with zero attached hydrogens (tertiary/aromatic N) is 1. The molecule has 0 saturated carbocycles. The van der Waals surface area contributed by atoms with Crippen LogP contribution in [0.25, 0.3) is 0 Å². The number of likely N-dealkylation sites (N-methyl/N-ethyl adjacent to an activating group) is 1. The average molecular weight is 171 g/mol. The van der Waals surface area contributed by atoms with E-state index >= 15 is 0 Å². The van der Waals surface area contributed by atoms with Crippen molar-refractivity contribution in [2.75, 3.05) is 20.1 Å². The highest BCUT2D eigenvalue weighted by Crippen LogP contribution is 2.02. The molecule has 0 aliphatic rings. The number of allylic oxidation sites excluding steroid dienone is 2. The Kier molecular flexibility index (Phi) is 6.37. The molecule has 0 saturated heterocycles. The molecule has 0 atom stereocenters. The summed E-state index contributed by atoms with van der Waals surface area (Å²) in [6.07, 6.45) is 4.88. The van der Waals surface area contributed by atoms with Crippen molar-refractivity contribution < 1.29 is 0 Å². The van der Waals surface area contributed by atoms with Gasteiger partial charge in [0.25, 0.3) is 0 Å². The van der Waals surface area contributed by atoms with Crippen molar-refractivity contribution in [3.05, 3.63) is 23.6 Å². The third kappa shape index (κ3) is 6.20. The van der Waals surface area contributed by atoms with Crippen LogP contribution in [0.4, 0.5) is 0 Å². The molecule has 0 aromatic heterocycles. The molecule has 0 N–H and O–H groups in total. The zero-order valence-corrected chi connectivity index (χ0v) is 8.27. The topological polar surface area (TPSA) is 3.24 Å². The van der Waals surface area contributed by atoms with E-state index in [-0.39, 0.29) is 0 Å². The summed E-state index contributed by atoms with van der Waals surface area (Å²) < 4.78 is 0. The van der Waals surface area contributed by atoms with E-state index < -0.39 is 0 Å². The van der Waals surface area contributed by atoms with Crippen molar-refractivity contribution >= 4 is 12.6 Å². The second-order valence-electron chi connectivity index (χ2n) is 2.63. The fourth-order valence-electron chi connectivity index (χ4n) is 0.926. The van der Waals surface area contributed by atoms with Gasteiger partial charge in [0.1, 0.15) is 0 Å².